The molecule has 1 amide bonds. The summed E-state index contributed by atoms with van der Waals surface area (Å²) in [5.41, 5.74) is 0.223. The van der Waals surface area contributed by atoms with Crippen LogP contribution in [0, 0.1) is 5.92 Å². The number of para-hydroxylation sites is 1. The second-order valence-electron chi connectivity index (χ2n) is 5.74. The molecule has 0 saturated heterocycles. The maximum Gasteiger partial charge on any atom is 0.573 e. The minimum absolute atomic E-state index is 0.00606. The van der Waals surface area contributed by atoms with Gasteiger partial charge < -0.3 is 15.2 Å². The lowest BCUT2D eigenvalue weighted by Crippen LogP contribution is -2.41. The smallest absolute Gasteiger partial charge is 0.480 e. The van der Waals surface area contributed by atoms with Crippen LogP contribution in [-0.4, -0.2) is 29.4 Å². The van der Waals surface area contributed by atoms with Gasteiger partial charge in [-0.2, -0.15) is 0 Å². The number of halogens is 3. The molecule has 0 aliphatic heterocycles. The number of rotatable bonds is 8. The summed E-state index contributed by atoms with van der Waals surface area (Å²) in [6, 6.07) is 4.51. The zero-order valence-corrected chi connectivity index (χ0v) is 13.4. The quantitative estimate of drug-likeness (QED) is 0.758. The van der Waals surface area contributed by atoms with Crippen LogP contribution in [0.25, 0.3) is 0 Å². The van der Waals surface area contributed by atoms with Crippen molar-refractivity contribution in [2.75, 3.05) is 0 Å². The number of carbonyl (C=O) groups is 2. The van der Waals surface area contributed by atoms with Crippen molar-refractivity contribution in [3.8, 4) is 5.75 Å². The van der Waals surface area contributed by atoms with Crippen LogP contribution in [-0.2, 0) is 16.0 Å². The normalized spacial score (nSPS) is 12.8. The van der Waals surface area contributed by atoms with Gasteiger partial charge in [0.05, 0.1) is 0 Å². The first kappa shape index (κ1) is 19.8. The highest BCUT2D eigenvalue weighted by Gasteiger charge is 2.32. The van der Waals surface area contributed by atoms with Crippen LogP contribution in [0.1, 0.15) is 32.3 Å². The van der Waals surface area contributed by atoms with Gasteiger partial charge in [-0.05, 0) is 30.4 Å². The molecular weight excluding hydrogens is 327 g/mol. The van der Waals surface area contributed by atoms with Crippen molar-refractivity contribution in [2.24, 2.45) is 5.92 Å². The van der Waals surface area contributed by atoms with E-state index in [0.717, 1.165) is 0 Å². The molecule has 1 rings (SSSR count). The van der Waals surface area contributed by atoms with E-state index < -0.39 is 24.3 Å². The fourth-order valence-electron chi connectivity index (χ4n) is 2.14. The molecule has 1 aromatic carbocycles. The number of hydrogen-bond acceptors (Lipinski definition) is 3. The maximum atomic E-state index is 12.3. The van der Waals surface area contributed by atoms with Crippen molar-refractivity contribution in [1.82, 2.24) is 5.32 Å². The number of carboxylic acids is 1. The van der Waals surface area contributed by atoms with Gasteiger partial charge in [-0.25, -0.2) is 4.79 Å². The molecule has 5 nitrogen and oxygen atoms in total. The van der Waals surface area contributed by atoms with Crippen LogP contribution < -0.4 is 10.1 Å². The molecule has 134 valence electrons. The van der Waals surface area contributed by atoms with Crippen LogP contribution in [0.2, 0.25) is 0 Å². The Balaban J connectivity index is 2.65. The zero-order chi connectivity index (χ0) is 18.3. The third-order valence-electron chi connectivity index (χ3n) is 3.16. The second-order valence-corrected chi connectivity index (χ2v) is 5.74. The number of alkyl halides is 3. The highest BCUT2D eigenvalue weighted by atomic mass is 19.4. The molecule has 0 aromatic heterocycles. The van der Waals surface area contributed by atoms with Gasteiger partial charge in [-0.15, -0.1) is 13.2 Å². The van der Waals surface area contributed by atoms with Crippen molar-refractivity contribution < 1.29 is 32.6 Å². The molecule has 1 atom stereocenters. The first-order valence-electron chi connectivity index (χ1n) is 7.44. The number of nitrogens with one attached hydrogen (secondary N) is 1. The molecule has 0 aliphatic rings. The van der Waals surface area contributed by atoms with Crippen LogP contribution in [0.15, 0.2) is 24.3 Å². The van der Waals surface area contributed by atoms with Crippen molar-refractivity contribution >= 4 is 11.9 Å². The van der Waals surface area contributed by atoms with E-state index in [9.17, 15) is 22.8 Å². The number of carboxylic acid groups (broad SMARTS) is 1. The Kier molecular flexibility index (Phi) is 7.06. The van der Waals surface area contributed by atoms with E-state index in [1.54, 1.807) is 0 Å². The average Bonchev–Trinajstić information content (AvgIpc) is 2.43. The number of aliphatic carboxylic acids is 1. The molecule has 0 bridgehead atoms. The second kappa shape index (κ2) is 8.56. The molecule has 8 heteroatoms. The van der Waals surface area contributed by atoms with E-state index in [1.807, 2.05) is 13.8 Å². The Bertz CT molecular complexity index is 573. The van der Waals surface area contributed by atoms with E-state index in [2.05, 4.69) is 10.1 Å². The highest BCUT2D eigenvalue weighted by Crippen LogP contribution is 2.27. The van der Waals surface area contributed by atoms with Crippen LogP contribution in [0.3, 0.4) is 0 Å². The molecule has 0 unspecified atom stereocenters. The highest BCUT2D eigenvalue weighted by molar-refractivity contribution is 5.83. The first-order valence-corrected chi connectivity index (χ1v) is 7.44. The van der Waals surface area contributed by atoms with Crippen molar-refractivity contribution in [1.29, 1.82) is 0 Å². The summed E-state index contributed by atoms with van der Waals surface area (Å²) < 4.78 is 40.9. The first-order chi connectivity index (χ1) is 11.1. The number of amides is 1. The molecule has 2 N–H and O–H groups in total. The number of hydrogen-bond donors (Lipinski definition) is 2. The largest absolute Gasteiger partial charge is 0.573 e. The van der Waals surface area contributed by atoms with Gasteiger partial charge in [0.1, 0.15) is 11.8 Å². The molecule has 0 fully saturated rings. The zero-order valence-electron chi connectivity index (χ0n) is 13.4. The molecule has 0 aliphatic carbocycles. The molecular formula is C16H20F3NO4. The fourth-order valence-corrected chi connectivity index (χ4v) is 2.14. The Hall–Kier alpha value is -2.25. The lowest BCUT2D eigenvalue weighted by molar-refractivity contribution is -0.274. The summed E-state index contributed by atoms with van der Waals surface area (Å²) in [5, 5.41) is 11.5. The number of carbonyl (C=O) groups excluding carboxylic acids is 1. The van der Waals surface area contributed by atoms with Gasteiger partial charge in [0.15, 0.2) is 0 Å². The number of benzene rings is 1. The standard InChI is InChI=1S/C16H20F3NO4/c1-10(2)9-12(15(22)23)20-14(21)8-7-11-5-3-4-6-13(11)24-16(17,18)19/h3-6,10,12H,7-9H2,1-2H3,(H,20,21)(H,22,23)/t12-/m0/s1. The van der Waals surface area contributed by atoms with Crippen molar-refractivity contribution in [3.63, 3.8) is 0 Å². The summed E-state index contributed by atoms with van der Waals surface area (Å²) in [4.78, 5) is 23.0. The molecule has 0 heterocycles. The van der Waals surface area contributed by atoms with Crippen molar-refractivity contribution in [2.45, 2.75) is 45.5 Å². The van der Waals surface area contributed by atoms with Crippen LogP contribution in [0.5, 0.6) is 5.75 Å². The summed E-state index contributed by atoms with van der Waals surface area (Å²) >= 11 is 0. The Morgan fingerprint density at radius 1 is 1.25 bits per heavy atom. The average molecular weight is 347 g/mol. The Morgan fingerprint density at radius 2 is 1.88 bits per heavy atom. The number of aryl methyl sites for hydroxylation is 1. The minimum Gasteiger partial charge on any atom is -0.480 e. The van der Waals surface area contributed by atoms with Gasteiger partial charge in [-0.1, -0.05) is 32.0 Å². The molecule has 0 spiro atoms. The Morgan fingerprint density at radius 3 is 2.42 bits per heavy atom. The lowest BCUT2D eigenvalue weighted by atomic mass is 10.0. The predicted molar refractivity (Wildman–Crippen MR) is 80.5 cm³/mol. The molecule has 0 saturated carbocycles. The topological polar surface area (TPSA) is 75.6 Å². The third-order valence-corrected chi connectivity index (χ3v) is 3.16. The summed E-state index contributed by atoms with van der Waals surface area (Å²) in [6.07, 6.45) is -4.68. The van der Waals surface area contributed by atoms with Gasteiger partial charge in [0.2, 0.25) is 5.91 Å². The maximum absolute atomic E-state index is 12.3. The van der Waals surface area contributed by atoms with Crippen LogP contribution >= 0.6 is 0 Å². The fraction of sp³-hybridized carbons (Fsp3) is 0.500. The van der Waals surface area contributed by atoms with E-state index in [1.165, 1.54) is 24.3 Å². The van der Waals surface area contributed by atoms with E-state index in [-0.39, 0.29) is 36.5 Å². The van der Waals surface area contributed by atoms with E-state index in [4.69, 9.17) is 5.11 Å². The Labute approximate surface area is 137 Å². The third kappa shape index (κ3) is 7.34. The van der Waals surface area contributed by atoms with Crippen LogP contribution in [0.4, 0.5) is 13.2 Å². The monoisotopic (exact) mass is 347 g/mol. The molecule has 24 heavy (non-hydrogen) atoms. The van der Waals surface area contributed by atoms with E-state index >= 15 is 0 Å². The predicted octanol–water partition coefficient (Wildman–Crippen LogP) is 3.13. The lowest BCUT2D eigenvalue weighted by Gasteiger charge is -2.17. The van der Waals surface area contributed by atoms with Gasteiger partial charge in [0, 0.05) is 6.42 Å². The summed E-state index contributed by atoms with van der Waals surface area (Å²) in [6.45, 7) is 3.65. The van der Waals surface area contributed by atoms with Gasteiger partial charge >= 0.3 is 12.3 Å². The van der Waals surface area contributed by atoms with Gasteiger partial charge in [0.25, 0.3) is 0 Å². The molecule has 0 radical (unpaired) electrons. The summed E-state index contributed by atoms with van der Waals surface area (Å²) in [7, 11) is 0. The van der Waals surface area contributed by atoms with Gasteiger partial charge in [-0.3, -0.25) is 4.79 Å². The molecule has 1 aromatic rings. The number of ether oxygens (including phenoxy) is 1. The summed E-state index contributed by atoms with van der Waals surface area (Å²) in [5.74, 6) is -1.97. The minimum atomic E-state index is -4.82. The van der Waals surface area contributed by atoms with Crippen molar-refractivity contribution in [3.05, 3.63) is 29.8 Å². The SMILES string of the molecule is CC(C)C[C@H](NC(=O)CCc1ccccc1OC(F)(F)F)C(=O)O. The van der Waals surface area contributed by atoms with E-state index in [0.29, 0.717) is 0 Å².